The lowest BCUT2D eigenvalue weighted by molar-refractivity contribution is -0.114. The number of carbonyl (C=O) groups excluding carboxylic acids is 1. The Labute approximate surface area is 58.8 Å². The standard InChI is InChI=1S/C7H8NO2/c1-5-2-3-6(10-5)4-7(8)9/h2-4H,1H3,(H2,8,9). The zero-order chi connectivity index (χ0) is 7.56. The summed E-state index contributed by atoms with van der Waals surface area (Å²) in [6.07, 6.45) is 1.24. The number of aryl methyl sites for hydroxylation is 1. The minimum absolute atomic E-state index is 0.491. The number of amides is 1. The van der Waals surface area contributed by atoms with E-state index in [1.165, 1.54) is 6.42 Å². The second-order valence-corrected chi connectivity index (χ2v) is 2.00. The lowest BCUT2D eigenvalue weighted by Gasteiger charge is -1.87. The highest BCUT2D eigenvalue weighted by Crippen LogP contribution is 2.07. The van der Waals surface area contributed by atoms with Gasteiger partial charge in [0.2, 0.25) is 5.91 Å². The van der Waals surface area contributed by atoms with Crippen LogP contribution in [0.3, 0.4) is 0 Å². The number of furan rings is 1. The molecule has 0 saturated heterocycles. The predicted molar refractivity (Wildman–Crippen MR) is 36.0 cm³/mol. The summed E-state index contributed by atoms with van der Waals surface area (Å²) >= 11 is 0. The molecule has 1 aromatic rings. The van der Waals surface area contributed by atoms with Crippen molar-refractivity contribution in [2.24, 2.45) is 5.73 Å². The van der Waals surface area contributed by atoms with E-state index < -0.39 is 5.91 Å². The average Bonchev–Trinajstić information content (AvgIpc) is 2.13. The van der Waals surface area contributed by atoms with Crippen molar-refractivity contribution in [2.75, 3.05) is 0 Å². The molecule has 0 atom stereocenters. The summed E-state index contributed by atoms with van der Waals surface area (Å²) in [6.45, 7) is 1.80. The monoisotopic (exact) mass is 138 g/mol. The van der Waals surface area contributed by atoms with Gasteiger partial charge < -0.3 is 10.2 Å². The van der Waals surface area contributed by atoms with Gasteiger partial charge in [0, 0.05) is 0 Å². The highest BCUT2D eigenvalue weighted by molar-refractivity contribution is 5.85. The number of rotatable bonds is 2. The van der Waals surface area contributed by atoms with Crippen LogP contribution in [0, 0.1) is 13.3 Å². The van der Waals surface area contributed by atoms with E-state index in [1.54, 1.807) is 19.1 Å². The van der Waals surface area contributed by atoms with Crippen LogP contribution in [0.5, 0.6) is 0 Å². The molecule has 3 nitrogen and oxygen atoms in total. The maximum Gasteiger partial charge on any atom is 0.229 e. The summed E-state index contributed by atoms with van der Waals surface area (Å²) in [5, 5.41) is 0. The smallest absolute Gasteiger partial charge is 0.229 e. The first-order chi connectivity index (χ1) is 4.68. The maximum absolute atomic E-state index is 10.3. The SMILES string of the molecule is Cc1ccc([CH]C(N)=O)o1. The second-order valence-electron chi connectivity index (χ2n) is 2.00. The Morgan fingerprint density at radius 3 is 2.80 bits per heavy atom. The van der Waals surface area contributed by atoms with E-state index in [-0.39, 0.29) is 0 Å². The van der Waals surface area contributed by atoms with Gasteiger partial charge in [-0.2, -0.15) is 0 Å². The zero-order valence-corrected chi connectivity index (χ0v) is 5.63. The third kappa shape index (κ3) is 1.62. The van der Waals surface area contributed by atoms with Crippen LogP contribution in [-0.2, 0) is 4.79 Å². The molecule has 0 aliphatic heterocycles. The van der Waals surface area contributed by atoms with E-state index in [1.807, 2.05) is 0 Å². The van der Waals surface area contributed by atoms with Crippen LogP contribution in [0.1, 0.15) is 11.5 Å². The molecule has 0 aliphatic carbocycles. The number of hydrogen-bond donors (Lipinski definition) is 1. The lowest BCUT2D eigenvalue weighted by atomic mass is 10.3. The summed E-state index contributed by atoms with van der Waals surface area (Å²) in [7, 11) is 0. The molecule has 2 N–H and O–H groups in total. The first kappa shape index (κ1) is 6.86. The Bertz CT molecular complexity index is 240. The topological polar surface area (TPSA) is 56.2 Å². The molecular formula is C7H8NO2. The predicted octanol–water partition coefficient (Wildman–Crippen LogP) is 0.626. The largest absolute Gasteiger partial charge is 0.466 e. The van der Waals surface area contributed by atoms with Gasteiger partial charge in [0.15, 0.2) is 0 Å². The quantitative estimate of drug-likeness (QED) is 0.651. The minimum atomic E-state index is -0.491. The second kappa shape index (κ2) is 2.56. The number of primary amides is 1. The van der Waals surface area contributed by atoms with E-state index in [4.69, 9.17) is 10.2 Å². The summed E-state index contributed by atoms with van der Waals surface area (Å²) in [4.78, 5) is 10.3. The first-order valence-electron chi connectivity index (χ1n) is 2.89. The summed E-state index contributed by atoms with van der Waals surface area (Å²) in [5.74, 6) is 0.784. The molecule has 1 rings (SSSR count). The van der Waals surface area contributed by atoms with Crippen molar-refractivity contribution in [3.63, 3.8) is 0 Å². The molecule has 3 heteroatoms. The lowest BCUT2D eigenvalue weighted by Crippen LogP contribution is -2.10. The van der Waals surface area contributed by atoms with Crippen molar-refractivity contribution in [3.05, 3.63) is 30.1 Å². The van der Waals surface area contributed by atoms with Gasteiger partial charge in [0.05, 0.1) is 0 Å². The van der Waals surface area contributed by atoms with Crippen LogP contribution in [0.25, 0.3) is 0 Å². The third-order valence-corrected chi connectivity index (χ3v) is 1.05. The molecule has 0 saturated carbocycles. The number of hydrogen-bond acceptors (Lipinski definition) is 2. The summed E-state index contributed by atoms with van der Waals surface area (Å²) in [5.41, 5.74) is 4.88. The van der Waals surface area contributed by atoms with Crippen molar-refractivity contribution in [3.8, 4) is 0 Å². The number of carbonyl (C=O) groups is 1. The summed E-state index contributed by atoms with van der Waals surface area (Å²) in [6, 6.07) is 3.47. The minimum Gasteiger partial charge on any atom is -0.466 e. The van der Waals surface area contributed by atoms with E-state index in [9.17, 15) is 4.79 Å². The highest BCUT2D eigenvalue weighted by atomic mass is 16.3. The van der Waals surface area contributed by atoms with Gasteiger partial charge in [-0.25, -0.2) is 0 Å². The third-order valence-electron chi connectivity index (χ3n) is 1.05. The van der Waals surface area contributed by atoms with Crippen LogP contribution in [0.4, 0.5) is 0 Å². The van der Waals surface area contributed by atoms with Gasteiger partial charge in [-0.3, -0.25) is 4.79 Å². The molecule has 1 radical (unpaired) electrons. The molecule has 0 bridgehead atoms. The Kier molecular flexibility index (Phi) is 1.76. The summed E-state index contributed by atoms with van der Waals surface area (Å²) < 4.78 is 5.04. The van der Waals surface area contributed by atoms with Gasteiger partial charge in [0.25, 0.3) is 0 Å². The molecule has 0 spiro atoms. The Morgan fingerprint density at radius 1 is 1.70 bits per heavy atom. The van der Waals surface area contributed by atoms with Gasteiger partial charge in [0.1, 0.15) is 17.9 Å². The van der Waals surface area contributed by atoms with E-state index in [0.29, 0.717) is 5.76 Å². The fraction of sp³-hybridized carbons (Fsp3) is 0.143. The zero-order valence-electron chi connectivity index (χ0n) is 5.63. The Balaban J connectivity index is 2.67. The molecule has 10 heavy (non-hydrogen) atoms. The molecule has 0 aliphatic rings. The van der Waals surface area contributed by atoms with Crippen molar-refractivity contribution in [1.82, 2.24) is 0 Å². The van der Waals surface area contributed by atoms with Crippen LogP contribution in [-0.4, -0.2) is 5.91 Å². The van der Waals surface area contributed by atoms with E-state index in [0.717, 1.165) is 5.76 Å². The molecule has 0 unspecified atom stereocenters. The Morgan fingerprint density at radius 2 is 2.40 bits per heavy atom. The van der Waals surface area contributed by atoms with Gasteiger partial charge >= 0.3 is 0 Å². The molecule has 1 amide bonds. The number of nitrogens with two attached hydrogens (primary N) is 1. The molecule has 53 valence electrons. The van der Waals surface area contributed by atoms with E-state index in [2.05, 4.69) is 0 Å². The molecule has 0 aromatic carbocycles. The van der Waals surface area contributed by atoms with Crippen LogP contribution >= 0.6 is 0 Å². The first-order valence-corrected chi connectivity index (χ1v) is 2.89. The molecule has 0 fully saturated rings. The fourth-order valence-corrected chi connectivity index (χ4v) is 0.671. The van der Waals surface area contributed by atoms with Crippen molar-refractivity contribution >= 4 is 5.91 Å². The van der Waals surface area contributed by atoms with Crippen molar-refractivity contribution in [1.29, 1.82) is 0 Å². The highest BCUT2D eigenvalue weighted by Gasteiger charge is 2.01. The van der Waals surface area contributed by atoms with Gasteiger partial charge in [-0.05, 0) is 19.1 Å². The van der Waals surface area contributed by atoms with E-state index >= 15 is 0 Å². The van der Waals surface area contributed by atoms with Gasteiger partial charge in [-0.1, -0.05) is 0 Å². The molecular weight excluding hydrogens is 130 g/mol. The molecule has 1 heterocycles. The van der Waals surface area contributed by atoms with Crippen molar-refractivity contribution < 1.29 is 9.21 Å². The average molecular weight is 138 g/mol. The Hall–Kier alpha value is -1.25. The van der Waals surface area contributed by atoms with Crippen LogP contribution in [0.2, 0.25) is 0 Å². The van der Waals surface area contributed by atoms with Crippen LogP contribution in [0.15, 0.2) is 16.5 Å². The maximum atomic E-state index is 10.3. The fourth-order valence-electron chi connectivity index (χ4n) is 0.671. The normalized spacial score (nSPS) is 9.70. The van der Waals surface area contributed by atoms with Crippen LogP contribution < -0.4 is 5.73 Å². The van der Waals surface area contributed by atoms with Crippen molar-refractivity contribution in [2.45, 2.75) is 6.92 Å². The van der Waals surface area contributed by atoms with Gasteiger partial charge in [-0.15, -0.1) is 0 Å². The molecule has 1 aromatic heterocycles.